The van der Waals surface area contributed by atoms with E-state index in [1.54, 1.807) is 4.52 Å². The molecule has 0 saturated carbocycles. The summed E-state index contributed by atoms with van der Waals surface area (Å²) in [6.07, 6.45) is 1.86. The van der Waals surface area contributed by atoms with Gasteiger partial charge in [0.1, 0.15) is 5.76 Å². The van der Waals surface area contributed by atoms with Gasteiger partial charge in [0.25, 0.3) is 0 Å². The molecule has 3 aromatic rings. The van der Waals surface area contributed by atoms with E-state index in [9.17, 15) is 0 Å². The van der Waals surface area contributed by atoms with Crippen LogP contribution in [0.25, 0.3) is 17.2 Å². The lowest BCUT2D eigenvalue weighted by molar-refractivity contribution is 0.544. The Balaban J connectivity index is 2.19. The van der Waals surface area contributed by atoms with E-state index in [0.717, 1.165) is 11.4 Å². The van der Waals surface area contributed by atoms with Crippen LogP contribution in [0.3, 0.4) is 0 Å². The lowest BCUT2D eigenvalue weighted by atomic mass is 10.4. The molecule has 0 amide bonds. The van der Waals surface area contributed by atoms with Gasteiger partial charge >= 0.3 is 0 Å². The quantitative estimate of drug-likeness (QED) is 0.604. The molecule has 0 bridgehead atoms. The van der Waals surface area contributed by atoms with E-state index in [-0.39, 0.29) is 0 Å². The molecule has 3 heterocycles. The van der Waals surface area contributed by atoms with Crippen LogP contribution in [0.4, 0.5) is 0 Å². The summed E-state index contributed by atoms with van der Waals surface area (Å²) in [6.45, 7) is 1.90. The van der Waals surface area contributed by atoms with Crippen LogP contribution in [-0.2, 0) is 0 Å². The van der Waals surface area contributed by atoms with Crippen LogP contribution < -0.4 is 0 Å². The summed E-state index contributed by atoms with van der Waals surface area (Å²) in [5.41, 5.74) is 0.821. The standard InChI is InChI=1S/C11H9N3O/c1-8-5-6-9(15-8)11-12-10-4-2-3-7-14(10)13-11/h2-7H,1H3. The molecular weight excluding hydrogens is 190 g/mol. The van der Waals surface area contributed by atoms with Crippen molar-refractivity contribution in [3.05, 3.63) is 42.3 Å². The molecule has 3 rings (SSSR count). The zero-order chi connectivity index (χ0) is 10.3. The van der Waals surface area contributed by atoms with Gasteiger partial charge in [0, 0.05) is 6.20 Å². The van der Waals surface area contributed by atoms with Gasteiger partial charge in [-0.05, 0) is 31.2 Å². The van der Waals surface area contributed by atoms with Crippen molar-refractivity contribution in [2.24, 2.45) is 0 Å². The summed E-state index contributed by atoms with van der Waals surface area (Å²) in [7, 11) is 0. The van der Waals surface area contributed by atoms with E-state index >= 15 is 0 Å². The largest absolute Gasteiger partial charge is 0.458 e. The van der Waals surface area contributed by atoms with Gasteiger partial charge in [0.15, 0.2) is 11.4 Å². The van der Waals surface area contributed by atoms with Gasteiger partial charge in [0.2, 0.25) is 5.82 Å². The molecular formula is C11H9N3O. The molecule has 0 aliphatic heterocycles. The van der Waals surface area contributed by atoms with Crippen molar-refractivity contribution in [1.82, 2.24) is 14.6 Å². The zero-order valence-electron chi connectivity index (χ0n) is 8.21. The number of furan rings is 1. The molecule has 0 unspecified atom stereocenters. The highest BCUT2D eigenvalue weighted by molar-refractivity contribution is 5.52. The average Bonchev–Trinajstić information content (AvgIpc) is 2.82. The maximum atomic E-state index is 5.46. The Morgan fingerprint density at radius 3 is 2.87 bits per heavy atom. The number of rotatable bonds is 1. The van der Waals surface area contributed by atoms with E-state index in [1.165, 1.54) is 0 Å². The second-order valence-electron chi connectivity index (χ2n) is 3.35. The Bertz CT molecular complexity index is 576. The van der Waals surface area contributed by atoms with Crippen molar-refractivity contribution in [3.63, 3.8) is 0 Å². The minimum absolute atomic E-state index is 0.620. The highest BCUT2D eigenvalue weighted by Gasteiger charge is 2.08. The van der Waals surface area contributed by atoms with Gasteiger partial charge in [0.05, 0.1) is 0 Å². The molecule has 0 aromatic carbocycles. The number of hydrogen-bond acceptors (Lipinski definition) is 3. The Morgan fingerprint density at radius 2 is 2.13 bits per heavy atom. The predicted molar refractivity (Wildman–Crippen MR) is 55.4 cm³/mol. The third-order valence-corrected chi connectivity index (χ3v) is 2.20. The van der Waals surface area contributed by atoms with E-state index in [0.29, 0.717) is 11.6 Å². The fourth-order valence-electron chi connectivity index (χ4n) is 1.49. The highest BCUT2D eigenvalue weighted by Crippen LogP contribution is 2.18. The molecule has 0 fully saturated rings. The fraction of sp³-hybridized carbons (Fsp3) is 0.0909. The van der Waals surface area contributed by atoms with Crippen LogP contribution in [-0.4, -0.2) is 14.6 Å². The van der Waals surface area contributed by atoms with Gasteiger partial charge in [-0.1, -0.05) is 6.07 Å². The molecule has 4 heteroatoms. The van der Waals surface area contributed by atoms with Crippen LogP contribution in [0.1, 0.15) is 5.76 Å². The maximum Gasteiger partial charge on any atom is 0.217 e. The number of aromatic nitrogens is 3. The minimum Gasteiger partial charge on any atom is -0.458 e. The Labute approximate surface area is 86.2 Å². The monoisotopic (exact) mass is 199 g/mol. The second-order valence-corrected chi connectivity index (χ2v) is 3.35. The molecule has 0 aliphatic rings. The van der Waals surface area contributed by atoms with Gasteiger partial charge < -0.3 is 4.42 Å². The number of nitrogens with zero attached hydrogens (tertiary/aromatic N) is 3. The lowest BCUT2D eigenvalue weighted by Crippen LogP contribution is -1.83. The molecule has 4 nitrogen and oxygen atoms in total. The van der Waals surface area contributed by atoms with Gasteiger partial charge in [-0.25, -0.2) is 9.50 Å². The summed E-state index contributed by atoms with van der Waals surface area (Å²) >= 11 is 0. The number of fused-ring (bicyclic) bond motifs is 1. The average molecular weight is 199 g/mol. The van der Waals surface area contributed by atoms with E-state index in [1.807, 2.05) is 43.5 Å². The molecule has 15 heavy (non-hydrogen) atoms. The topological polar surface area (TPSA) is 43.3 Å². The smallest absolute Gasteiger partial charge is 0.217 e. The van der Waals surface area contributed by atoms with Gasteiger partial charge in [-0.3, -0.25) is 0 Å². The zero-order valence-corrected chi connectivity index (χ0v) is 8.21. The Kier molecular flexibility index (Phi) is 1.62. The summed E-state index contributed by atoms with van der Waals surface area (Å²) in [6, 6.07) is 9.54. The summed E-state index contributed by atoms with van der Waals surface area (Å²) in [4.78, 5) is 4.35. The molecule has 0 N–H and O–H groups in total. The number of aryl methyl sites for hydroxylation is 1. The summed E-state index contributed by atoms with van der Waals surface area (Å²) in [5, 5.41) is 4.31. The first-order chi connectivity index (χ1) is 7.33. The van der Waals surface area contributed by atoms with Crippen LogP contribution in [0.5, 0.6) is 0 Å². The normalized spacial score (nSPS) is 11.0. The minimum atomic E-state index is 0.620. The molecule has 0 spiro atoms. The van der Waals surface area contributed by atoms with Crippen LogP contribution in [0.2, 0.25) is 0 Å². The highest BCUT2D eigenvalue weighted by atomic mass is 16.3. The fourth-order valence-corrected chi connectivity index (χ4v) is 1.49. The number of hydrogen-bond donors (Lipinski definition) is 0. The van der Waals surface area contributed by atoms with Crippen molar-refractivity contribution in [3.8, 4) is 11.6 Å². The summed E-state index contributed by atoms with van der Waals surface area (Å²) in [5.74, 6) is 2.19. The van der Waals surface area contributed by atoms with E-state index in [4.69, 9.17) is 4.42 Å². The molecule has 0 atom stereocenters. The SMILES string of the molecule is Cc1ccc(-c2nc3ccccn3n2)o1. The molecule has 0 aliphatic carbocycles. The van der Waals surface area contributed by atoms with Crippen LogP contribution >= 0.6 is 0 Å². The molecule has 3 aromatic heterocycles. The van der Waals surface area contributed by atoms with E-state index < -0.39 is 0 Å². The van der Waals surface area contributed by atoms with Gasteiger partial charge in [-0.15, -0.1) is 5.10 Å². The lowest BCUT2D eigenvalue weighted by Gasteiger charge is -1.86. The van der Waals surface area contributed by atoms with Crippen molar-refractivity contribution in [2.45, 2.75) is 6.92 Å². The van der Waals surface area contributed by atoms with Crippen molar-refractivity contribution < 1.29 is 4.42 Å². The number of pyridine rings is 1. The first kappa shape index (κ1) is 8.23. The Morgan fingerprint density at radius 1 is 1.20 bits per heavy atom. The molecule has 0 radical (unpaired) electrons. The van der Waals surface area contributed by atoms with Gasteiger partial charge in [-0.2, -0.15) is 0 Å². The maximum absolute atomic E-state index is 5.46. The first-order valence-corrected chi connectivity index (χ1v) is 4.71. The van der Waals surface area contributed by atoms with Crippen molar-refractivity contribution in [2.75, 3.05) is 0 Å². The first-order valence-electron chi connectivity index (χ1n) is 4.71. The molecule has 74 valence electrons. The van der Waals surface area contributed by atoms with E-state index in [2.05, 4.69) is 10.1 Å². The third-order valence-electron chi connectivity index (χ3n) is 2.20. The predicted octanol–water partition coefficient (Wildman–Crippen LogP) is 2.30. The Hall–Kier alpha value is -2.10. The van der Waals surface area contributed by atoms with Crippen molar-refractivity contribution >= 4 is 5.65 Å². The van der Waals surface area contributed by atoms with Crippen LogP contribution in [0, 0.1) is 6.92 Å². The summed E-state index contributed by atoms with van der Waals surface area (Å²) < 4.78 is 7.19. The second kappa shape index (κ2) is 2.95. The van der Waals surface area contributed by atoms with Crippen LogP contribution in [0.15, 0.2) is 40.9 Å². The molecule has 0 saturated heterocycles. The third kappa shape index (κ3) is 1.30. The van der Waals surface area contributed by atoms with Crippen molar-refractivity contribution in [1.29, 1.82) is 0 Å².